The molecule has 6 atom stereocenters. The normalized spacial score (nSPS) is 47.4. The first-order valence-corrected chi connectivity index (χ1v) is 8.25. The number of rotatable bonds is 1. The molecular weight excluding hydrogens is 284 g/mol. The van der Waals surface area contributed by atoms with Crippen molar-refractivity contribution in [2.75, 3.05) is 26.2 Å². The summed E-state index contributed by atoms with van der Waals surface area (Å²) in [6.45, 7) is 10.8. The molecule has 124 valence electrons. The minimum Gasteiger partial charge on any atom is -0.380 e. The van der Waals surface area contributed by atoms with Gasteiger partial charge in [0.25, 0.3) is 5.71 Å². The number of aliphatic hydroxyl groups excluding tert-OH is 1. The zero-order valence-corrected chi connectivity index (χ0v) is 13.9. The second-order valence-corrected chi connectivity index (χ2v) is 7.01. The van der Waals surface area contributed by atoms with Gasteiger partial charge in [-0.1, -0.05) is 0 Å². The van der Waals surface area contributed by atoms with Crippen molar-refractivity contribution >= 4 is 11.5 Å². The molecule has 3 fully saturated rings. The Balaban J connectivity index is 1.75. The molecule has 1 saturated carbocycles. The van der Waals surface area contributed by atoms with Crippen molar-refractivity contribution in [3.63, 3.8) is 0 Å². The largest absolute Gasteiger partial charge is 0.380 e. The molecular formula is C16H27N2O4+. The topological polar surface area (TPSA) is 62.0 Å². The van der Waals surface area contributed by atoms with Crippen molar-refractivity contribution < 1.29 is 24.0 Å². The van der Waals surface area contributed by atoms with Crippen molar-refractivity contribution in [3.05, 3.63) is 0 Å². The highest BCUT2D eigenvalue weighted by Crippen LogP contribution is 2.25. The number of ether oxygens (including phenoxy) is 2. The molecule has 0 aromatic carbocycles. The number of carbonyl (C=O) groups excluding carboxylic acids is 1. The van der Waals surface area contributed by atoms with Gasteiger partial charge >= 0.3 is 0 Å². The lowest BCUT2D eigenvalue weighted by Gasteiger charge is -2.44. The SMILES string of the molecule is C[C@@H]1CN(C2C(=O)C(=[N+]3C[C@@H](C)O[C@@H](C)C3)C2O)C[C@H](C)O1. The summed E-state index contributed by atoms with van der Waals surface area (Å²) in [6.07, 6.45) is -0.340. The first kappa shape index (κ1) is 16.1. The molecule has 0 spiro atoms. The van der Waals surface area contributed by atoms with E-state index in [-0.39, 0.29) is 30.2 Å². The molecule has 6 heteroatoms. The van der Waals surface area contributed by atoms with E-state index in [2.05, 4.69) is 4.90 Å². The van der Waals surface area contributed by atoms with Gasteiger partial charge in [-0.3, -0.25) is 9.69 Å². The average Bonchev–Trinajstić information content (AvgIpc) is 2.36. The number of morpholine rings is 2. The summed E-state index contributed by atoms with van der Waals surface area (Å²) in [5, 5.41) is 10.6. The maximum Gasteiger partial charge on any atom is 0.252 e. The molecule has 0 bridgehead atoms. The van der Waals surface area contributed by atoms with E-state index in [1.807, 2.05) is 32.3 Å². The number of nitrogens with zero attached hydrogens (tertiary/aromatic N) is 2. The fraction of sp³-hybridized carbons (Fsp3) is 0.875. The maximum absolute atomic E-state index is 12.6. The van der Waals surface area contributed by atoms with E-state index in [0.717, 1.165) is 0 Å². The number of carbonyl (C=O) groups is 1. The third-order valence-corrected chi connectivity index (χ3v) is 4.70. The standard InChI is InChI=1S/C16H27N2O4/c1-9-5-17(6-10(2)21-9)13-15(19)14(16(13)20)18-7-11(3)22-12(4)8-18/h9-13,15,19H,5-8H2,1-4H3/q+1/t9-,10+,11-,12+,13?,15?. The van der Waals surface area contributed by atoms with E-state index in [1.54, 1.807) is 0 Å². The highest BCUT2D eigenvalue weighted by atomic mass is 16.5. The van der Waals surface area contributed by atoms with Crippen molar-refractivity contribution in [1.29, 1.82) is 0 Å². The van der Waals surface area contributed by atoms with Crippen molar-refractivity contribution in [2.45, 2.75) is 64.3 Å². The lowest BCUT2D eigenvalue weighted by molar-refractivity contribution is -0.569. The van der Waals surface area contributed by atoms with E-state index in [9.17, 15) is 9.90 Å². The summed E-state index contributed by atoms with van der Waals surface area (Å²) in [4.78, 5) is 14.7. The Morgan fingerprint density at radius 2 is 1.50 bits per heavy atom. The van der Waals surface area contributed by atoms with Gasteiger partial charge in [-0.15, -0.1) is 0 Å². The van der Waals surface area contributed by atoms with E-state index in [0.29, 0.717) is 31.9 Å². The van der Waals surface area contributed by atoms with Crippen LogP contribution >= 0.6 is 0 Å². The van der Waals surface area contributed by atoms with Crippen LogP contribution in [0.1, 0.15) is 27.7 Å². The van der Waals surface area contributed by atoms with Gasteiger partial charge < -0.3 is 14.6 Å². The van der Waals surface area contributed by atoms with Gasteiger partial charge in [0, 0.05) is 13.1 Å². The Bertz CT molecular complexity index is 471. The van der Waals surface area contributed by atoms with Crippen LogP contribution in [0.5, 0.6) is 0 Å². The number of ketones is 1. The molecule has 2 unspecified atom stereocenters. The van der Waals surface area contributed by atoms with Gasteiger partial charge in [0.1, 0.15) is 18.2 Å². The Labute approximate surface area is 131 Å². The van der Waals surface area contributed by atoms with Crippen molar-refractivity contribution in [1.82, 2.24) is 4.90 Å². The van der Waals surface area contributed by atoms with Crippen molar-refractivity contribution in [3.8, 4) is 0 Å². The molecule has 0 aromatic rings. The maximum atomic E-state index is 12.6. The Kier molecular flexibility index (Phi) is 4.38. The molecule has 6 nitrogen and oxygen atoms in total. The van der Waals surface area contributed by atoms with Crippen LogP contribution < -0.4 is 0 Å². The Hall–Kier alpha value is -0.820. The summed E-state index contributed by atoms with van der Waals surface area (Å²) < 4.78 is 13.4. The van der Waals surface area contributed by atoms with Gasteiger partial charge in [-0.05, 0) is 27.7 Å². The molecule has 2 saturated heterocycles. The lowest BCUT2D eigenvalue weighted by atomic mass is 9.82. The highest BCUT2D eigenvalue weighted by molar-refractivity contribution is 6.49. The summed E-state index contributed by atoms with van der Waals surface area (Å²) >= 11 is 0. The van der Waals surface area contributed by atoms with E-state index >= 15 is 0 Å². The van der Waals surface area contributed by atoms with Crippen LogP contribution in [0.15, 0.2) is 0 Å². The second-order valence-electron chi connectivity index (χ2n) is 7.01. The molecule has 2 heterocycles. The predicted octanol–water partition coefficient (Wildman–Crippen LogP) is -0.331. The highest BCUT2D eigenvalue weighted by Gasteiger charge is 2.56. The quantitative estimate of drug-likeness (QED) is 0.672. The number of aliphatic hydroxyl groups is 1. The van der Waals surface area contributed by atoms with Crippen LogP contribution in [0.2, 0.25) is 0 Å². The van der Waals surface area contributed by atoms with Crippen LogP contribution in [0.25, 0.3) is 0 Å². The third-order valence-electron chi connectivity index (χ3n) is 4.70. The zero-order valence-electron chi connectivity index (χ0n) is 13.9. The van der Waals surface area contributed by atoms with Crippen molar-refractivity contribution in [2.24, 2.45) is 0 Å². The second kappa shape index (κ2) is 6.00. The van der Waals surface area contributed by atoms with E-state index in [4.69, 9.17) is 9.47 Å². The first-order valence-electron chi connectivity index (χ1n) is 8.25. The summed E-state index contributed by atoms with van der Waals surface area (Å²) in [5.74, 6) is 0.0649. The van der Waals surface area contributed by atoms with Gasteiger partial charge in [-0.25, -0.2) is 4.58 Å². The van der Waals surface area contributed by atoms with Gasteiger partial charge in [0.15, 0.2) is 19.2 Å². The monoisotopic (exact) mass is 311 g/mol. The minimum absolute atomic E-state index is 0.0649. The first-order chi connectivity index (χ1) is 10.4. The van der Waals surface area contributed by atoms with Crippen LogP contribution in [0.3, 0.4) is 0 Å². The number of hydrogen-bond acceptors (Lipinski definition) is 5. The van der Waals surface area contributed by atoms with E-state index < -0.39 is 12.1 Å². The van der Waals surface area contributed by atoms with Gasteiger partial charge in [-0.2, -0.15) is 0 Å². The number of Topliss-reactive ketones (excluding diaryl/α,β-unsaturated/α-hetero) is 1. The molecule has 0 amide bonds. The number of hydrogen-bond donors (Lipinski definition) is 1. The van der Waals surface area contributed by atoms with Crippen LogP contribution in [-0.2, 0) is 14.3 Å². The molecule has 3 rings (SSSR count). The molecule has 0 aromatic heterocycles. The fourth-order valence-corrected chi connectivity index (χ4v) is 4.02. The minimum atomic E-state index is -0.692. The van der Waals surface area contributed by atoms with Crippen LogP contribution in [-0.4, -0.2) is 88.8 Å². The third kappa shape index (κ3) is 2.85. The molecule has 1 aliphatic carbocycles. The zero-order chi connectivity index (χ0) is 16.0. The molecule has 22 heavy (non-hydrogen) atoms. The predicted molar refractivity (Wildman–Crippen MR) is 81.4 cm³/mol. The molecule has 2 aliphatic heterocycles. The average molecular weight is 311 g/mol. The Morgan fingerprint density at radius 3 is 2.00 bits per heavy atom. The lowest BCUT2D eigenvalue weighted by Crippen LogP contribution is -2.70. The fourth-order valence-electron chi connectivity index (χ4n) is 4.02. The molecule has 1 N–H and O–H groups in total. The summed E-state index contributed by atoms with van der Waals surface area (Å²) in [7, 11) is 0. The van der Waals surface area contributed by atoms with Gasteiger partial charge in [0.2, 0.25) is 5.78 Å². The molecule has 0 radical (unpaired) electrons. The van der Waals surface area contributed by atoms with E-state index in [1.165, 1.54) is 0 Å². The van der Waals surface area contributed by atoms with Gasteiger partial charge in [0.05, 0.1) is 12.2 Å². The van der Waals surface area contributed by atoms with Crippen LogP contribution in [0.4, 0.5) is 0 Å². The molecule has 3 aliphatic rings. The summed E-state index contributed by atoms with van der Waals surface area (Å²) in [5.41, 5.74) is 0.568. The summed E-state index contributed by atoms with van der Waals surface area (Å²) in [6, 6.07) is -0.405. The smallest absolute Gasteiger partial charge is 0.252 e. The van der Waals surface area contributed by atoms with Crippen LogP contribution in [0, 0.1) is 0 Å². The Morgan fingerprint density at radius 1 is 1.00 bits per heavy atom.